The maximum atomic E-state index is 12.1. The quantitative estimate of drug-likeness (QED) is 0.501. The largest absolute Gasteiger partial charge is 0.494 e. The van der Waals surface area contributed by atoms with Gasteiger partial charge in [-0.2, -0.15) is 0 Å². The summed E-state index contributed by atoms with van der Waals surface area (Å²) in [6, 6.07) is 15.8. The molecule has 0 saturated carbocycles. The van der Waals surface area contributed by atoms with Crippen LogP contribution in [0.25, 0.3) is 0 Å². The number of carbonyl (C=O) groups is 3. The molecule has 0 bridgehead atoms. The lowest BCUT2D eigenvalue weighted by Gasteiger charge is -2.17. The molecular weight excluding hydrogens is 346 g/mol. The number of rotatable bonds is 9. The van der Waals surface area contributed by atoms with Crippen molar-refractivity contribution in [2.75, 3.05) is 25.2 Å². The Labute approximate surface area is 158 Å². The predicted octanol–water partition coefficient (Wildman–Crippen LogP) is 3.25. The Bertz CT molecular complexity index is 771. The highest BCUT2D eigenvalue weighted by molar-refractivity contribution is 5.98. The fourth-order valence-electron chi connectivity index (χ4n) is 2.37. The number of ether oxygens (including phenoxy) is 2. The third-order valence-corrected chi connectivity index (χ3v) is 3.92. The van der Waals surface area contributed by atoms with Gasteiger partial charge >= 0.3 is 5.97 Å². The zero-order chi connectivity index (χ0) is 19.6. The molecule has 0 radical (unpaired) electrons. The number of carbonyl (C=O) groups excluding carboxylic acids is 3. The highest BCUT2D eigenvalue weighted by Crippen LogP contribution is 2.14. The molecular formula is C21H23NO5. The molecule has 0 aliphatic rings. The number of likely N-dealkylation sites (N-methyl/N-ethyl adjacent to an activating group) is 1. The molecule has 0 heterocycles. The van der Waals surface area contributed by atoms with Gasteiger partial charge < -0.3 is 14.4 Å². The number of nitrogens with zero attached hydrogens (tertiary/aromatic N) is 1. The van der Waals surface area contributed by atoms with Crippen LogP contribution in [0.5, 0.6) is 5.75 Å². The van der Waals surface area contributed by atoms with Crippen molar-refractivity contribution < 1.29 is 23.9 Å². The highest BCUT2D eigenvalue weighted by atomic mass is 16.5. The number of anilines is 1. The van der Waals surface area contributed by atoms with Gasteiger partial charge in [0.25, 0.3) is 5.91 Å². The van der Waals surface area contributed by atoms with Crippen LogP contribution in [0.15, 0.2) is 54.6 Å². The van der Waals surface area contributed by atoms with Crippen molar-refractivity contribution in [3.63, 3.8) is 0 Å². The van der Waals surface area contributed by atoms with Gasteiger partial charge in [-0.05, 0) is 43.3 Å². The summed E-state index contributed by atoms with van der Waals surface area (Å²) in [5.41, 5.74) is 1.22. The molecule has 0 fully saturated rings. The lowest BCUT2D eigenvalue weighted by atomic mass is 10.1. The SMILES string of the molecule is CCOc1ccc(C(=O)CCC(=O)OCC(=O)N(C)c2ccccc2)cc1. The van der Waals surface area contributed by atoms with Crippen LogP contribution in [-0.4, -0.2) is 37.9 Å². The van der Waals surface area contributed by atoms with E-state index >= 15 is 0 Å². The Balaban J connectivity index is 1.75. The van der Waals surface area contributed by atoms with Crippen LogP contribution in [0.4, 0.5) is 5.69 Å². The summed E-state index contributed by atoms with van der Waals surface area (Å²) in [6.07, 6.45) is -0.0517. The molecule has 0 N–H and O–H groups in total. The average molecular weight is 369 g/mol. The van der Waals surface area contributed by atoms with Crippen LogP contribution in [0, 0.1) is 0 Å². The Morgan fingerprint density at radius 3 is 2.22 bits per heavy atom. The molecule has 27 heavy (non-hydrogen) atoms. The predicted molar refractivity (Wildman–Crippen MR) is 102 cm³/mol. The molecule has 2 rings (SSSR count). The molecule has 0 spiro atoms. The fraction of sp³-hybridized carbons (Fsp3) is 0.286. The molecule has 0 saturated heterocycles. The first kappa shape index (κ1) is 20.2. The molecule has 2 aromatic carbocycles. The summed E-state index contributed by atoms with van der Waals surface area (Å²) in [4.78, 5) is 37.4. The van der Waals surface area contributed by atoms with Crippen LogP contribution >= 0.6 is 0 Å². The maximum Gasteiger partial charge on any atom is 0.306 e. The van der Waals surface area contributed by atoms with Crippen molar-refractivity contribution in [2.24, 2.45) is 0 Å². The molecule has 0 aliphatic heterocycles. The van der Waals surface area contributed by atoms with Gasteiger partial charge in [-0.15, -0.1) is 0 Å². The first-order valence-electron chi connectivity index (χ1n) is 8.74. The van der Waals surface area contributed by atoms with Crippen molar-refractivity contribution in [1.29, 1.82) is 0 Å². The molecule has 0 atom stereocenters. The number of amides is 1. The van der Waals surface area contributed by atoms with E-state index in [0.717, 1.165) is 0 Å². The number of para-hydroxylation sites is 1. The summed E-state index contributed by atoms with van der Waals surface area (Å²) in [7, 11) is 1.61. The molecule has 142 valence electrons. The van der Waals surface area contributed by atoms with E-state index in [-0.39, 0.29) is 31.1 Å². The number of hydrogen-bond acceptors (Lipinski definition) is 5. The minimum atomic E-state index is -0.580. The lowest BCUT2D eigenvalue weighted by molar-refractivity contribution is -0.147. The number of esters is 1. The molecule has 0 aliphatic carbocycles. The number of ketones is 1. The van der Waals surface area contributed by atoms with Gasteiger partial charge in [-0.1, -0.05) is 18.2 Å². The second-order valence-electron chi connectivity index (χ2n) is 5.83. The summed E-state index contributed by atoms with van der Waals surface area (Å²) < 4.78 is 10.3. The summed E-state index contributed by atoms with van der Waals surface area (Å²) in [6.45, 7) is 2.08. The Hall–Kier alpha value is -3.15. The van der Waals surface area contributed by atoms with Crippen molar-refractivity contribution in [3.05, 3.63) is 60.2 Å². The standard InChI is InChI=1S/C21H23NO5/c1-3-26-18-11-9-16(10-12-18)19(23)13-14-21(25)27-15-20(24)22(2)17-7-5-4-6-8-17/h4-12H,3,13-15H2,1-2H3. The van der Waals surface area contributed by atoms with E-state index in [2.05, 4.69) is 0 Å². The molecule has 0 aromatic heterocycles. The highest BCUT2D eigenvalue weighted by Gasteiger charge is 2.15. The third-order valence-electron chi connectivity index (χ3n) is 3.92. The second-order valence-corrected chi connectivity index (χ2v) is 5.83. The van der Waals surface area contributed by atoms with E-state index in [1.165, 1.54) is 4.90 Å². The summed E-state index contributed by atoms with van der Waals surface area (Å²) >= 11 is 0. The molecule has 6 nitrogen and oxygen atoms in total. The van der Waals surface area contributed by atoms with Gasteiger partial charge in [0, 0.05) is 24.7 Å². The van der Waals surface area contributed by atoms with Gasteiger partial charge in [0.15, 0.2) is 12.4 Å². The first-order chi connectivity index (χ1) is 13.0. The molecule has 2 aromatic rings. The topological polar surface area (TPSA) is 72.9 Å². The van der Waals surface area contributed by atoms with Gasteiger partial charge in [-0.25, -0.2) is 0 Å². The van der Waals surface area contributed by atoms with Gasteiger partial charge in [0.05, 0.1) is 13.0 Å². The van der Waals surface area contributed by atoms with Crippen LogP contribution in [0.1, 0.15) is 30.1 Å². The van der Waals surface area contributed by atoms with E-state index < -0.39 is 5.97 Å². The minimum Gasteiger partial charge on any atom is -0.494 e. The number of hydrogen-bond donors (Lipinski definition) is 0. The zero-order valence-corrected chi connectivity index (χ0v) is 15.5. The van der Waals surface area contributed by atoms with Crippen molar-refractivity contribution in [3.8, 4) is 5.75 Å². The van der Waals surface area contributed by atoms with Crippen LogP contribution < -0.4 is 9.64 Å². The third kappa shape index (κ3) is 6.26. The molecule has 6 heteroatoms. The number of benzene rings is 2. The first-order valence-corrected chi connectivity index (χ1v) is 8.74. The monoisotopic (exact) mass is 369 g/mol. The van der Waals surface area contributed by atoms with E-state index in [4.69, 9.17) is 9.47 Å². The van der Waals surface area contributed by atoms with Crippen LogP contribution in [0.3, 0.4) is 0 Å². The van der Waals surface area contributed by atoms with E-state index in [1.807, 2.05) is 25.1 Å². The van der Waals surface area contributed by atoms with Crippen LogP contribution in [-0.2, 0) is 14.3 Å². The lowest BCUT2D eigenvalue weighted by Crippen LogP contribution is -2.31. The second kappa shape index (κ2) is 10.1. The Morgan fingerprint density at radius 2 is 1.59 bits per heavy atom. The smallest absolute Gasteiger partial charge is 0.306 e. The van der Waals surface area contributed by atoms with Crippen molar-refractivity contribution in [2.45, 2.75) is 19.8 Å². The average Bonchev–Trinajstić information content (AvgIpc) is 2.71. The molecule has 1 amide bonds. The normalized spacial score (nSPS) is 10.1. The van der Waals surface area contributed by atoms with E-state index in [1.54, 1.807) is 43.4 Å². The summed E-state index contributed by atoms with van der Waals surface area (Å²) in [5, 5.41) is 0. The summed E-state index contributed by atoms with van der Waals surface area (Å²) in [5.74, 6) is -0.395. The Kier molecular flexibility index (Phi) is 7.55. The fourth-order valence-corrected chi connectivity index (χ4v) is 2.37. The van der Waals surface area contributed by atoms with Gasteiger partial charge in [0.1, 0.15) is 5.75 Å². The van der Waals surface area contributed by atoms with Crippen LogP contribution in [0.2, 0.25) is 0 Å². The number of Topliss-reactive ketones (excluding diaryl/α,β-unsaturated/α-hetero) is 1. The maximum absolute atomic E-state index is 12.1. The van der Waals surface area contributed by atoms with E-state index in [0.29, 0.717) is 23.6 Å². The van der Waals surface area contributed by atoms with E-state index in [9.17, 15) is 14.4 Å². The molecule has 0 unspecified atom stereocenters. The minimum absolute atomic E-state index is 0.0233. The van der Waals surface area contributed by atoms with Gasteiger partial charge in [0.2, 0.25) is 0 Å². The van der Waals surface area contributed by atoms with Crippen molar-refractivity contribution >= 4 is 23.3 Å². The zero-order valence-electron chi connectivity index (χ0n) is 15.5. The van der Waals surface area contributed by atoms with Gasteiger partial charge in [-0.3, -0.25) is 14.4 Å². The van der Waals surface area contributed by atoms with Crippen molar-refractivity contribution in [1.82, 2.24) is 0 Å². The Morgan fingerprint density at radius 1 is 0.926 bits per heavy atom.